The van der Waals surface area contributed by atoms with Gasteiger partial charge in [-0.3, -0.25) is 9.59 Å². The Labute approximate surface area is 159 Å². The lowest BCUT2D eigenvalue weighted by Crippen LogP contribution is -2.24. The Morgan fingerprint density at radius 3 is 2.22 bits per heavy atom. The van der Waals surface area contributed by atoms with Gasteiger partial charge in [-0.25, -0.2) is 12.7 Å². The molecular weight excluding hydrogens is 366 g/mol. The van der Waals surface area contributed by atoms with Crippen molar-refractivity contribution in [2.24, 2.45) is 0 Å². The van der Waals surface area contributed by atoms with Crippen molar-refractivity contribution in [3.8, 4) is 0 Å². The van der Waals surface area contributed by atoms with E-state index in [-0.39, 0.29) is 16.4 Å². The molecule has 0 aliphatic heterocycles. The zero-order chi connectivity index (χ0) is 20.0. The Balaban J connectivity index is 2.20. The number of amides is 2. The molecule has 2 rings (SSSR count). The predicted octanol–water partition coefficient (Wildman–Crippen LogP) is 2.33. The molecule has 0 saturated heterocycles. The minimum Gasteiger partial charge on any atom is -0.352 e. The van der Waals surface area contributed by atoms with Crippen LogP contribution in [0.3, 0.4) is 0 Å². The lowest BCUT2D eigenvalue weighted by Gasteiger charge is -2.12. The Morgan fingerprint density at radius 1 is 0.963 bits per heavy atom. The maximum atomic E-state index is 12.5. The molecule has 0 spiro atoms. The third-order valence-electron chi connectivity index (χ3n) is 3.79. The van der Waals surface area contributed by atoms with Crippen molar-refractivity contribution >= 4 is 27.5 Å². The molecule has 7 nitrogen and oxygen atoms in total. The zero-order valence-corrected chi connectivity index (χ0v) is 16.3. The second-order valence-electron chi connectivity index (χ2n) is 6.11. The topological polar surface area (TPSA) is 95.6 Å². The van der Waals surface area contributed by atoms with Gasteiger partial charge in [0.1, 0.15) is 0 Å². The summed E-state index contributed by atoms with van der Waals surface area (Å²) in [5, 5.41) is 5.46. The third kappa shape index (κ3) is 5.15. The second-order valence-corrected chi connectivity index (χ2v) is 8.26. The summed E-state index contributed by atoms with van der Waals surface area (Å²) < 4.78 is 25.5. The molecule has 0 unspecified atom stereocenters. The lowest BCUT2D eigenvalue weighted by atomic mass is 10.1. The van der Waals surface area contributed by atoms with Crippen LogP contribution in [0.1, 0.15) is 34.1 Å². The van der Waals surface area contributed by atoms with E-state index in [2.05, 4.69) is 10.6 Å². The van der Waals surface area contributed by atoms with Gasteiger partial charge in [0.25, 0.3) is 11.8 Å². The largest absolute Gasteiger partial charge is 0.352 e. The van der Waals surface area contributed by atoms with E-state index in [1.807, 2.05) is 6.92 Å². The molecule has 0 fully saturated rings. The summed E-state index contributed by atoms with van der Waals surface area (Å²) >= 11 is 0. The molecule has 0 aliphatic rings. The number of anilines is 1. The highest BCUT2D eigenvalue weighted by Crippen LogP contribution is 2.17. The van der Waals surface area contributed by atoms with Crippen LogP contribution in [-0.2, 0) is 10.0 Å². The van der Waals surface area contributed by atoms with Crippen molar-refractivity contribution in [1.29, 1.82) is 0 Å². The first-order chi connectivity index (χ1) is 12.8. The van der Waals surface area contributed by atoms with E-state index in [0.29, 0.717) is 17.8 Å². The van der Waals surface area contributed by atoms with Crippen LogP contribution in [0.5, 0.6) is 0 Å². The molecule has 0 aliphatic carbocycles. The maximum absolute atomic E-state index is 12.5. The fourth-order valence-corrected chi connectivity index (χ4v) is 3.24. The highest BCUT2D eigenvalue weighted by Gasteiger charge is 2.19. The summed E-state index contributed by atoms with van der Waals surface area (Å²) in [4.78, 5) is 24.6. The van der Waals surface area contributed by atoms with Gasteiger partial charge in [0, 0.05) is 37.5 Å². The zero-order valence-electron chi connectivity index (χ0n) is 15.5. The summed E-state index contributed by atoms with van der Waals surface area (Å²) in [5.74, 6) is -0.677. The average Bonchev–Trinajstić information content (AvgIpc) is 2.66. The fourth-order valence-electron chi connectivity index (χ4n) is 2.29. The highest BCUT2D eigenvalue weighted by molar-refractivity contribution is 7.89. The van der Waals surface area contributed by atoms with Crippen LogP contribution >= 0.6 is 0 Å². The van der Waals surface area contributed by atoms with E-state index in [1.165, 1.54) is 38.4 Å². The number of benzene rings is 2. The predicted molar refractivity (Wildman–Crippen MR) is 104 cm³/mol. The van der Waals surface area contributed by atoms with E-state index in [1.54, 1.807) is 24.3 Å². The molecule has 27 heavy (non-hydrogen) atoms. The molecule has 0 heterocycles. The molecular formula is C19H23N3O4S. The van der Waals surface area contributed by atoms with Gasteiger partial charge in [-0.15, -0.1) is 0 Å². The van der Waals surface area contributed by atoms with E-state index in [4.69, 9.17) is 0 Å². The van der Waals surface area contributed by atoms with Crippen molar-refractivity contribution in [1.82, 2.24) is 9.62 Å². The van der Waals surface area contributed by atoms with Gasteiger partial charge in [0.15, 0.2) is 0 Å². The molecule has 0 radical (unpaired) electrons. The molecule has 2 aromatic carbocycles. The number of sulfonamides is 1. The number of hydrogen-bond donors (Lipinski definition) is 2. The van der Waals surface area contributed by atoms with E-state index < -0.39 is 15.9 Å². The van der Waals surface area contributed by atoms with Gasteiger partial charge in [-0.2, -0.15) is 0 Å². The van der Waals surface area contributed by atoms with Crippen LogP contribution in [0.15, 0.2) is 53.4 Å². The van der Waals surface area contributed by atoms with E-state index in [0.717, 1.165) is 10.7 Å². The number of carbonyl (C=O) groups excluding carboxylic acids is 2. The van der Waals surface area contributed by atoms with Crippen molar-refractivity contribution in [2.45, 2.75) is 18.2 Å². The van der Waals surface area contributed by atoms with Gasteiger partial charge in [0.2, 0.25) is 10.0 Å². The van der Waals surface area contributed by atoms with Crippen molar-refractivity contribution < 1.29 is 18.0 Å². The van der Waals surface area contributed by atoms with Crippen LogP contribution in [0.2, 0.25) is 0 Å². The maximum Gasteiger partial charge on any atom is 0.255 e. The minimum absolute atomic E-state index is 0.0350. The second kappa shape index (κ2) is 8.79. The molecule has 2 N–H and O–H groups in total. The summed E-state index contributed by atoms with van der Waals surface area (Å²) in [7, 11) is -0.777. The first-order valence-electron chi connectivity index (χ1n) is 8.48. The van der Waals surface area contributed by atoms with Crippen LogP contribution in [0.4, 0.5) is 5.69 Å². The smallest absolute Gasteiger partial charge is 0.255 e. The normalized spacial score (nSPS) is 11.3. The average molecular weight is 389 g/mol. The summed E-state index contributed by atoms with van der Waals surface area (Å²) in [6, 6.07) is 12.4. The van der Waals surface area contributed by atoms with Crippen LogP contribution < -0.4 is 10.6 Å². The molecule has 0 bridgehead atoms. The number of nitrogens with zero attached hydrogens (tertiary/aromatic N) is 1. The number of nitrogens with one attached hydrogen (secondary N) is 2. The first-order valence-corrected chi connectivity index (χ1v) is 9.92. The van der Waals surface area contributed by atoms with Crippen molar-refractivity contribution in [3.05, 3.63) is 59.7 Å². The Hall–Kier alpha value is -2.71. The molecule has 0 aromatic heterocycles. The summed E-state index contributed by atoms with van der Waals surface area (Å²) in [6.07, 6.45) is 0.828. The molecule has 0 saturated carbocycles. The third-order valence-corrected chi connectivity index (χ3v) is 5.60. The Bertz CT molecular complexity index is 939. The monoisotopic (exact) mass is 389 g/mol. The number of hydrogen-bond acceptors (Lipinski definition) is 4. The van der Waals surface area contributed by atoms with E-state index >= 15 is 0 Å². The van der Waals surface area contributed by atoms with E-state index in [9.17, 15) is 18.0 Å². The quantitative estimate of drug-likeness (QED) is 0.760. The molecule has 0 atom stereocenters. The van der Waals surface area contributed by atoms with Gasteiger partial charge in [-0.05, 0) is 42.8 Å². The number of carbonyl (C=O) groups is 2. The van der Waals surface area contributed by atoms with Gasteiger partial charge >= 0.3 is 0 Å². The van der Waals surface area contributed by atoms with Gasteiger partial charge < -0.3 is 10.6 Å². The van der Waals surface area contributed by atoms with Crippen LogP contribution in [0, 0.1) is 0 Å². The lowest BCUT2D eigenvalue weighted by molar-refractivity contribution is 0.0952. The molecule has 8 heteroatoms. The molecule has 144 valence electrons. The summed E-state index contributed by atoms with van der Waals surface area (Å²) in [6.45, 7) is 2.53. The Kier molecular flexibility index (Phi) is 6.70. The standard InChI is InChI=1S/C19H23N3O4S/c1-4-11-20-18(23)14-7-5-9-16(12-14)21-19(24)15-8-6-10-17(13-15)27(25,26)22(2)3/h5-10,12-13H,4,11H2,1-3H3,(H,20,23)(H,21,24). The number of rotatable bonds is 7. The first kappa shape index (κ1) is 20.6. The Morgan fingerprint density at radius 2 is 1.59 bits per heavy atom. The highest BCUT2D eigenvalue weighted by atomic mass is 32.2. The van der Waals surface area contributed by atoms with Gasteiger partial charge in [-0.1, -0.05) is 19.1 Å². The van der Waals surface area contributed by atoms with Crippen LogP contribution in [-0.4, -0.2) is 45.2 Å². The van der Waals surface area contributed by atoms with Gasteiger partial charge in [0.05, 0.1) is 4.90 Å². The van der Waals surface area contributed by atoms with Crippen molar-refractivity contribution in [3.63, 3.8) is 0 Å². The SMILES string of the molecule is CCCNC(=O)c1cccc(NC(=O)c2cccc(S(=O)(=O)N(C)C)c2)c1. The van der Waals surface area contributed by atoms with Crippen LogP contribution in [0.25, 0.3) is 0 Å². The molecule has 2 aromatic rings. The summed E-state index contributed by atoms with van der Waals surface area (Å²) in [5.41, 5.74) is 1.09. The fraction of sp³-hybridized carbons (Fsp3) is 0.263. The molecule has 2 amide bonds. The minimum atomic E-state index is -3.63. The van der Waals surface area contributed by atoms with Crippen molar-refractivity contribution in [2.75, 3.05) is 26.0 Å².